The molecule has 0 aliphatic carbocycles. The Hall–Kier alpha value is -1.47. The maximum absolute atomic E-state index is 12.2. The number of hydrogen-bond acceptors (Lipinski definition) is 2. The average molecular weight is 268 g/mol. The molecule has 2 amide bonds. The molecule has 0 aromatic rings. The SMILES string of the molecule is CC1(CC(F)(F)F)CN(C(=O)NCCC(=O)O)C1. The third kappa shape index (κ3) is 4.42. The second kappa shape index (κ2) is 5.03. The summed E-state index contributed by atoms with van der Waals surface area (Å²) in [4.78, 5) is 22.8. The molecule has 1 fully saturated rings. The van der Waals surface area contributed by atoms with Crippen LogP contribution in [0.5, 0.6) is 0 Å². The molecule has 0 bridgehead atoms. The Kier molecular flexibility index (Phi) is 4.08. The van der Waals surface area contributed by atoms with E-state index in [2.05, 4.69) is 5.32 Å². The summed E-state index contributed by atoms with van der Waals surface area (Å²) < 4.78 is 36.6. The number of carbonyl (C=O) groups is 2. The first-order chi connectivity index (χ1) is 8.11. The molecule has 1 aliphatic heterocycles. The van der Waals surface area contributed by atoms with Gasteiger partial charge in [-0.1, -0.05) is 6.92 Å². The summed E-state index contributed by atoms with van der Waals surface area (Å²) in [6, 6.07) is -0.518. The third-order valence-electron chi connectivity index (χ3n) is 2.67. The van der Waals surface area contributed by atoms with Gasteiger partial charge in [-0.15, -0.1) is 0 Å². The van der Waals surface area contributed by atoms with Crippen LogP contribution in [-0.4, -0.2) is 47.8 Å². The van der Waals surface area contributed by atoms with E-state index in [-0.39, 0.29) is 26.1 Å². The van der Waals surface area contributed by atoms with Crippen molar-refractivity contribution in [1.82, 2.24) is 10.2 Å². The lowest BCUT2D eigenvalue weighted by atomic mass is 9.79. The Morgan fingerprint density at radius 2 is 1.94 bits per heavy atom. The number of aliphatic carboxylic acids is 1. The molecule has 1 heterocycles. The molecule has 0 aromatic heterocycles. The summed E-state index contributed by atoms with van der Waals surface area (Å²) >= 11 is 0. The first-order valence-electron chi connectivity index (χ1n) is 5.43. The fraction of sp³-hybridized carbons (Fsp3) is 0.800. The van der Waals surface area contributed by atoms with Crippen LogP contribution >= 0.6 is 0 Å². The van der Waals surface area contributed by atoms with Crippen molar-refractivity contribution in [2.75, 3.05) is 19.6 Å². The summed E-state index contributed by atoms with van der Waals surface area (Å²) in [7, 11) is 0. The van der Waals surface area contributed by atoms with Crippen LogP contribution in [0.3, 0.4) is 0 Å². The van der Waals surface area contributed by atoms with E-state index in [9.17, 15) is 22.8 Å². The van der Waals surface area contributed by atoms with Crippen molar-refractivity contribution < 1.29 is 27.9 Å². The number of carboxylic acids is 1. The minimum atomic E-state index is -4.24. The topological polar surface area (TPSA) is 69.6 Å². The van der Waals surface area contributed by atoms with Gasteiger partial charge in [-0.05, 0) is 0 Å². The number of amides is 2. The maximum Gasteiger partial charge on any atom is 0.389 e. The number of alkyl halides is 3. The number of hydrogen-bond donors (Lipinski definition) is 2. The van der Waals surface area contributed by atoms with Gasteiger partial charge in [-0.2, -0.15) is 13.2 Å². The summed E-state index contributed by atoms with van der Waals surface area (Å²) in [5.41, 5.74) is -0.928. The highest BCUT2D eigenvalue weighted by Gasteiger charge is 2.48. The molecule has 0 aromatic carbocycles. The largest absolute Gasteiger partial charge is 0.481 e. The lowest BCUT2D eigenvalue weighted by molar-refractivity contribution is -0.172. The Balaban J connectivity index is 2.28. The van der Waals surface area contributed by atoms with Gasteiger partial charge in [-0.25, -0.2) is 4.79 Å². The predicted molar refractivity (Wildman–Crippen MR) is 56.0 cm³/mol. The molecule has 104 valence electrons. The molecule has 0 spiro atoms. The van der Waals surface area contributed by atoms with E-state index in [1.807, 2.05) is 0 Å². The molecule has 1 rings (SSSR count). The minimum Gasteiger partial charge on any atom is -0.481 e. The zero-order valence-electron chi connectivity index (χ0n) is 9.88. The molecule has 0 atom stereocenters. The van der Waals surface area contributed by atoms with Crippen molar-refractivity contribution in [1.29, 1.82) is 0 Å². The van der Waals surface area contributed by atoms with Gasteiger partial charge in [-0.3, -0.25) is 4.79 Å². The molecular weight excluding hydrogens is 253 g/mol. The van der Waals surface area contributed by atoms with E-state index >= 15 is 0 Å². The van der Waals surface area contributed by atoms with Gasteiger partial charge in [0.05, 0.1) is 12.8 Å². The normalized spacial score (nSPS) is 18.1. The maximum atomic E-state index is 12.2. The zero-order valence-corrected chi connectivity index (χ0v) is 9.88. The lowest BCUT2D eigenvalue weighted by Gasteiger charge is -2.48. The number of rotatable bonds is 4. The molecular formula is C10H15F3N2O3. The number of urea groups is 1. The van der Waals surface area contributed by atoms with Crippen molar-refractivity contribution in [3.8, 4) is 0 Å². The van der Waals surface area contributed by atoms with Gasteiger partial charge in [0.1, 0.15) is 0 Å². The van der Waals surface area contributed by atoms with Crippen molar-refractivity contribution in [2.45, 2.75) is 25.9 Å². The molecule has 0 unspecified atom stereocenters. The van der Waals surface area contributed by atoms with E-state index < -0.39 is 30.0 Å². The van der Waals surface area contributed by atoms with E-state index in [1.54, 1.807) is 0 Å². The number of nitrogens with zero attached hydrogens (tertiary/aromatic N) is 1. The van der Waals surface area contributed by atoms with Gasteiger partial charge in [0.25, 0.3) is 0 Å². The van der Waals surface area contributed by atoms with Crippen molar-refractivity contribution in [2.24, 2.45) is 5.41 Å². The van der Waals surface area contributed by atoms with Crippen LogP contribution in [0.15, 0.2) is 0 Å². The molecule has 1 saturated heterocycles. The highest BCUT2D eigenvalue weighted by Crippen LogP contribution is 2.40. The molecule has 2 N–H and O–H groups in total. The Bertz CT molecular complexity index is 338. The van der Waals surface area contributed by atoms with Gasteiger partial charge >= 0.3 is 18.2 Å². The van der Waals surface area contributed by atoms with Crippen LogP contribution < -0.4 is 5.32 Å². The smallest absolute Gasteiger partial charge is 0.389 e. The Morgan fingerprint density at radius 1 is 1.39 bits per heavy atom. The molecule has 8 heteroatoms. The molecule has 18 heavy (non-hydrogen) atoms. The van der Waals surface area contributed by atoms with Crippen molar-refractivity contribution >= 4 is 12.0 Å². The van der Waals surface area contributed by atoms with Crippen molar-refractivity contribution in [3.63, 3.8) is 0 Å². The molecule has 5 nitrogen and oxygen atoms in total. The van der Waals surface area contributed by atoms with E-state index in [1.165, 1.54) is 11.8 Å². The number of likely N-dealkylation sites (tertiary alicyclic amines) is 1. The van der Waals surface area contributed by atoms with Crippen LogP contribution in [0, 0.1) is 5.41 Å². The molecule has 0 saturated carbocycles. The second-order valence-corrected chi connectivity index (χ2v) is 4.83. The first kappa shape index (κ1) is 14.6. The van der Waals surface area contributed by atoms with E-state index in [0.29, 0.717) is 0 Å². The average Bonchev–Trinajstić information content (AvgIpc) is 2.10. The number of halogens is 3. The van der Waals surface area contributed by atoms with Crippen LogP contribution in [0.4, 0.5) is 18.0 Å². The number of carboxylic acid groups (broad SMARTS) is 1. The van der Waals surface area contributed by atoms with Crippen LogP contribution in [0.2, 0.25) is 0 Å². The first-order valence-corrected chi connectivity index (χ1v) is 5.43. The van der Waals surface area contributed by atoms with Gasteiger partial charge in [0.2, 0.25) is 0 Å². The Labute approximate surface area is 102 Å². The predicted octanol–water partition coefficient (Wildman–Crippen LogP) is 1.45. The van der Waals surface area contributed by atoms with Crippen LogP contribution in [0.25, 0.3) is 0 Å². The van der Waals surface area contributed by atoms with Gasteiger partial charge in [0.15, 0.2) is 0 Å². The van der Waals surface area contributed by atoms with Crippen LogP contribution in [0.1, 0.15) is 19.8 Å². The van der Waals surface area contributed by atoms with E-state index in [0.717, 1.165) is 0 Å². The van der Waals surface area contributed by atoms with Crippen LogP contribution in [-0.2, 0) is 4.79 Å². The van der Waals surface area contributed by atoms with Gasteiger partial charge in [0, 0.05) is 25.0 Å². The zero-order chi connectivity index (χ0) is 14.0. The molecule has 1 aliphatic rings. The summed E-state index contributed by atoms with van der Waals surface area (Å²) in [5, 5.41) is 10.7. The van der Waals surface area contributed by atoms with E-state index in [4.69, 9.17) is 5.11 Å². The van der Waals surface area contributed by atoms with Crippen molar-refractivity contribution in [3.05, 3.63) is 0 Å². The fourth-order valence-electron chi connectivity index (χ4n) is 2.00. The minimum absolute atomic E-state index is 0.0271. The summed E-state index contributed by atoms with van der Waals surface area (Å²) in [6.45, 7) is 1.51. The highest BCUT2D eigenvalue weighted by molar-refractivity contribution is 5.76. The summed E-state index contributed by atoms with van der Waals surface area (Å²) in [5.74, 6) is -1.04. The van der Waals surface area contributed by atoms with Gasteiger partial charge < -0.3 is 15.3 Å². The third-order valence-corrected chi connectivity index (χ3v) is 2.67. The molecule has 0 radical (unpaired) electrons. The monoisotopic (exact) mass is 268 g/mol. The fourth-order valence-corrected chi connectivity index (χ4v) is 2.00. The number of carbonyl (C=O) groups excluding carboxylic acids is 1. The lowest BCUT2D eigenvalue weighted by Crippen LogP contribution is -2.60. The highest BCUT2D eigenvalue weighted by atomic mass is 19.4. The number of nitrogens with one attached hydrogen (secondary N) is 1. The standard InChI is InChI=1S/C10H15F3N2O3/c1-9(4-10(11,12)13)5-15(6-9)8(18)14-3-2-7(16)17/h2-6H2,1H3,(H,14,18)(H,16,17). The summed E-state index contributed by atoms with van der Waals surface area (Å²) in [6.07, 6.45) is -5.36. The Morgan fingerprint density at radius 3 is 2.39 bits per heavy atom. The second-order valence-electron chi connectivity index (χ2n) is 4.83. The quantitative estimate of drug-likeness (QED) is 0.810.